The fraction of sp³-hybridized carbons (Fsp3) is 0.412. The SMILES string of the molecule is COC(=O)[C@@H](CC(C)C)NC(=O)Cn1ccc2cc([N+](=O)[O-])ccc21. The Bertz CT molecular complexity index is 797. The number of fused-ring (bicyclic) bond motifs is 1. The summed E-state index contributed by atoms with van der Waals surface area (Å²) in [6, 6.07) is 5.47. The Morgan fingerprint density at radius 3 is 2.64 bits per heavy atom. The number of hydrogen-bond donors (Lipinski definition) is 1. The first kappa shape index (κ1) is 18.4. The van der Waals surface area contributed by atoms with E-state index in [9.17, 15) is 19.7 Å². The maximum Gasteiger partial charge on any atom is 0.328 e. The third-order valence-electron chi connectivity index (χ3n) is 3.81. The molecule has 1 amide bonds. The van der Waals surface area contributed by atoms with Crippen molar-refractivity contribution in [3.63, 3.8) is 0 Å². The summed E-state index contributed by atoms with van der Waals surface area (Å²) in [7, 11) is 1.29. The van der Waals surface area contributed by atoms with E-state index in [1.807, 2.05) is 13.8 Å². The Hall–Kier alpha value is -2.90. The Morgan fingerprint density at radius 1 is 1.32 bits per heavy atom. The number of hydrogen-bond acceptors (Lipinski definition) is 5. The number of aromatic nitrogens is 1. The van der Waals surface area contributed by atoms with Gasteiger partial charge >= 0.3 is 5.97 Å². The van der Waals surface area contributed by atoms with Gasteiger partial charge in [0.25, 0.3) is 5.69 Å². The highest BCUT2D eigenvalue weighted by Crippen LogP contribution is 2.21. The van der Waals surface area contributed by atoms with Gasteiger partial charge in [-0.25, -0.2) is 4.79 Å². The molecule has 1 heterocycles. The summed E-state index contributed by atoms with van der Waals surface area (Å²) in [6.07, 6.45) is 2.17. The molecular weight excluding hydrogens is 326 g/mol. The summed E-state index contributed by atoms with van der Waals surface area (Å²) in [5.74, 6) is -0.584. The van der Waals surface area contributed by atoms with E-state index in [2.05, 4.69) is 5.32 Å². The average Bonchev–Trinajstić information content (AvgIpc) is 2.95. The predicted molar refractivity (Wildman–Crippen MR) is 92.0 cm³/mol. The average molecular weight is 347 g/mol. The first-order chi connectivity index (χ1) is 11.8. The molecule has 1 atom stereocenters. The van der Waals surface area contributed by atoms with Gasteiger partial charge in [-0.15, -0.1) is 0 Å². The topological polar surface area (TPSA) is 103 Å². The number of rotatable bonds is 7. The minimum Gasteiger partial charge on any atom is -0.467 e. The number of nitrogens with zero attached hydrogens (tertiary/aromatic N) is 2. The van der Waals surface area contributed by atoms with Gasteiger partial charge < -0.3 is 14.6 Å². The second kappa shape index (κ2) is 7.78. The third kappa shape index (κ3) is 4.56. The number of nitro benzene ring substituents is 1. The van der Waals surface area contributed by atoms with Gasteiger partial charge in [0.15, 0.2) is 0 Å². The molecule has 0 aliphatic rings. The van der Waals surface area contributed by atoms with Crippen molar-refractivity contribution in [3.8, 4) is 0 Å². The van der Waals surface area contributed by atoms with Crippen molar-refractivity contribution in [2.45, 2.75) is 32.9 Å². The van der Waals surface area contributed by atoms with E-state index in [0.29, 0.717) is 17.3 Å². The molecule has 1 aromatic heterocycles. The maximum atomic E-state index is 12.3. The van der Waals surface area contributed by atoms with Crippen LogP contribution in [0.2, 0.25) is 0 Å². The smallest absolute Gasteiger partial charge is 0.328 e. The number of nitro groups is 1. The molecule has 25 heavy (non-hydrogen) atoms. The van der Waals surface area contributed by atoms with Crippen LogP contribution in [0.5, 0.6) is 0 Å². The van der Waals surface area contributed by atoms with E-state index in [-0.39, 0.29) is 24.1 Å². The van der Waals surface area contributed by atoms with Crippen molar-refractivity contribution < 1.29 is 19.2 Å². The van der Waals surface area contributed by atoms with Crippen molar-refractivity contribution in [1.82, 2.24) is 9.88 Å². The number of carbonyl (C=O) groups is 2. The number of non-ortho nitro benzene ring substituents is 1. The number of nitrogens with one attached hydrogen (secondary N) is 1. The zero-order valence-corrected chi connectivity index (χ0v) is 14.4. The van der Waals surface area contributed by atoms with Crippen LogP contribution in [0.25, 0.3) is 10.9 Å². The molecule has 2 rings (SSSR count). The van der Waals surface area contributed by atoms with Crippen LogP contribution >= 0.6 is 0 Å². The molecule has 0 fully saturated rings. The lowest BCUT2D eigenvalue weighted by Crippen LogP contribution is -2.43. The molecule has 0 bridgehead atoms. The standard InChI is InChI=1S/C17H21N3O5/c1-11(2)8-14(17(22)25-3)18-16(21)10-19-7-6-12-9-13(20(23)24)4-5-15(12)19/h4-7,9,11,14H,8,10H2,1-3H3,(H,18,21)/t14-/m1/s1. The van der Waals surface area contributed by atoms with Crippen LogP contribution in [0.3, 0.4) is 0 Å². The van der Waals surface area contributed by atoms with Crippen LogP contribution < -0.4 is 5.32 Å². The van der Waals surface area contributed by atoms with Gasteiger partial charge in [-0.3, -0.25) is 14.9 Å². The largest absolute Gasteiger partial charge is 0.467 e. The van der Waals surface area contributed by atoms with Crippen LogP contribution in [-0.4, -0.2) is 34.5 Å². The normalized spacial score (nSPS) is 12.2. The third-order valence-corrected chi connectivity index (χ3v) is 3.81. The number of esters is 1. The molecule has 0 saturated carbocycles. The Labute approximate surface area is 144 Å². The van der Waals surface area contributed by atoms with Gasteiger partial charge in [-0.1, -0.05) is 13.8 Å². The van der Waals surface area contributed by atoms with Crippen molar-refractivity contribution in [3.05, 3.63) is 40.6 Å². The molecule has 0 saturated heterocycles. The highest BCUT2D eigenvalue weighted by molar-refractivity contribution is 5.87. The second-order valence-electron chi connectivity index (χ2n) is 6.22. The van der Waals surface area contributed by atoms with Crippen molar-refractivity contribution >= 4 is 28.5 Å². The molecule has 0 spiro atoms. The summed E-state index contributed by atoms with van der Waals surface area (Å²) >= 11 is 0. The Balaban J connectivity index is 2.12. The fourth-order valence-corrected chi connectivity index (χ4v) is 2.66. The van der Waals surface area contributed by atoms with Crippen LogP contribution in [0.4, 0.5) is 5.69 Å². The van der Waals surface area contributed by atoms with Gasteiger partial charge in [0, 0.05) is 29.2 Å². The second-order valence-corrected chi connectivity index (χ2v) is 6.22. The van der Waals surface area contributed by atoms with Crippen molar-refractivity contribution in [2.75, 3.05) is 7.11 Å². The van der Waals surface area contributed by atoms with Gasteiger partial charge in [0.1, 0.15) is 12.6 Å². The summed E-state index contributed by atoms with van der Waals surface area (Å²) in [6.45, 7) is 3.91. The molecule has 1 N–H and O–H groups in total. The first-order valence-electron chi connectivity index (χ1n) is 7.92. The van der Waals surface area contributed by atoms with Crippen molar-refractivity contribution in [1.29, 1.82) is 0 Å². The van der Waals surface area contributed by atoms with Crippen molar-refractivity contribution in [2.24, 2.45) is 5.92 Å². The van der Waals surface area contributed by atoms with Crippen LogP contribution in [0.15, 0.2) is 30.5 Å². The summed E-state index contributed by atoms with van der Waals surface area (Å²) in [4.78, 5) is 34.4. The van der Waals surface area contributed by atoms with Gasteiger partial charge in [-0.2, -0.15) is 0 Å². The molecule has 8 heteroatoms. The number of ether oxygens (including phenoxy) is 1. The zero-order valence-electron chi connectivity index (χ0n) is 14.4. The van der Waals surface area contributed by atoms with E-state index in [1.54, 1.807) is 22.9 Å². The van der Waals surface area contributed by atoms with Gasteiger partial charge in [0.2, 0.25) is 5.91 Å². The van der Waals surface area contributed by atoms with Crippen LogP contribution in [0, 0.1) is 16.0 Å². The minimum atomic E-state index is -0.694. The number of amides is 1. The lowest BCUT2D eigenvalue weighted by Gasteiger charge is -2.18. The molecular formula is C17H21N3O5. The molecule has 2 aromatic rings. The number of carbonyl (C=O) groups excluding carboxylic acids is 2. The highest BCUT2D eigenvalue weighted by atomic mass is 16.6. The first-order valence-corrected chi connectivity index (χ1v) is 7.92. The van der Waals surface area contributed by atoms with E-state index < -0.39 is 16.9 Å². The molecule has 0 aliphatic heterocycles. The highest BCUT2D eigenvalue weighted by Gasteiger charge is 2.22. The van der Waals surface area contributed by atoms with E-state index in [1.165, 1.54) is 19.2 Å². The van der Waals surface area contributed by atoms with E-state index in [0.717, 1.165) is 0 Å². The monoisotopic (exact) mass is 347 g/mol. The molecule has 0 aliphatic carbocycles. The van der Waals surface area contributed by atoms with Crippen LogP contribution in [0.1, 0.15) is 20.3 Å². The number of methoxy groups -OCH3 is 1. The minimum absolute atomic E-state index is 0.00242. The fourth-order valence-electron chi connectivity index (χ4n) is 2.66. The Morgan fingerprint density at radius 2 is 2.04 bits per heavy atom. The lowest BCUT2D eigenvalue weighted by atomic mass is 10.0. The molecule has 0 radical (unpaired) electrons. The maximum absolute atomic E-state index is 12.3. The van der Waals surface area contributed by atoms with Gasteiger partial charge in [0.05, 0.1) is 12.0 Å². The summed E-state index contributed by atoms with van der Waals surface area (Å²) in [5, 5.41) is 14.2. The summed E-state index contributed by atoms with van der Waals surface area (Å²) < 4.78 is 6.41. The number of benzene rings is 1. The summed E-state index contributed by atoms with van der Waals surface area (Å²) in [5.41, 5.74) is 0.705. The quantitative estimate of drug-likeness (QED) is 0.470. The van der Waals surface area contributed by atoms with E-state index in [4.69, 9.17) is 4.74 Å². The molecule has 8 nitrogen and oxygen atoms in total. The van der Waals surface area contributed by atoms with Gasteiger partial charge in [-0.05, 0) is 24.5 Å². The lowest BCUT2D eigenvalue weighted by molar-refractivity contribution is -0.384. The van der Waals surface area contributed by atoms with Crippen LogP contribution in [-0.2, 0) is 20.9 Å². The predicted octanol–water partition coefficient (Wildman–Crippen LogP) is 2.25. The van der Waals surface area contributed by atoms with E-state index >= 15 is 0 Å². The Kier molecular flexibility index (Phi) is 5.74. The zero-order chi connectivity index (χ0) is 18.6. The molecule has 134 valence electrons. The molecule has 0 unspecified atom stereocenters. The molecule has 1 aromatic carbocycles.